The first-order valence-electron chi connectivity index (χ1n) is 7.58. The number of hydrogen-bond donors (Lipinski definition) is 1. The number of rotatable bonds is 6. The molecule has 0 saturated heterocycles. The number of non-ortho nitro benzene ring substituents is 1. The molecule has 0 aliphatic rings. The molecular formula is C17H15N3O4S2. The van der Waals surface area contributed by atoms with E-state index in [-0.39, 0.29) is 17.3 Å². The van der Waals surface area contributed by atoms with E-state index in [0.29, 0.717) is 21.3 Å². The summed E-state index contributed by atoms with van der Waals surface area (Å²) in [6.07, 6.45) is 0. The lowest BCUT2D eigenvalue weighted by Crippen LogP contribution is -2.14. The number of benzene rings is 2. The van der Waals surface area contributed by atoms with Gasteiger partial charge < -0.3 is 10.1 Å². The van der Waals surface area contributed by atoms with Crippen molar-refractivity contribution in [1.29, 1.82) is 0 Å². The van der Waals surface area contributed by atoms with E-state index in [1.807, 2.05) is 19.1 Å². The van der Waals surface area contributed by atoms with Gasteiger partial charge in [0, 0.05) is 12.1 Å². The minimum absolute atomic E-state index is 0.0296. The number of anilines is 1. The molecule has 26 heavy (non-hydrogen) atoms. The van der Waals surface area contributed by atoms with E-state index in [9.17, 15) is 14.9 Å². The topological polar surface area (TPSA) is 94.4 Å². The van der Waals surface area contributed by atoms with Crippen molar-refractivity contribution < 1.29 is 14.5 Å². The van der Waals surface area contributed by atoms with Gasteiger partial charge in [-0.3, -0.25) is 14.9 Å². The smallest absolute Gasteiger partial charge is 0.270 e. The molecule has 0 atom stereocenters. The Hall–Kier alpha value is -2.65. The fraction of sp³-hybridized carbons (Fsp3) is 0.176. The lowest BCUT2D eigenvalue weighted by molar-refractivity contribution is -0.384. The molecule has 0 saturated carbocycles. The third-order valence-corrected chi connectivity index (χ3v) is 5.68. The summed E-state index contributed by atoms with van der Waals surface area (Å²) in [5, 5.41) is 13.7. The Morgan fingerprint density at radius 2 is 2.15 bits per heavy atom. The van der Waals surface area contributed by atoms with Crippen LogP contribution in [0.1, 0.15) is 5.56 Å². The van der Waals surface area contributed by atoms with Crippen LogP contribution in [0, 0.1) is 17.0 Å². The van der Waals surface area contributed by atoms with Crippen molar-refractivity contribution in [1.82, 2.24) is 4.98 Å². The Morgan fingerprint density at radius 3 is 2.88 bits per heavy atom. The van der Waals surface area contributed by atoms with E-state index in [0.717, 1.165) is 10.3 Å². The number of amides is 1. The first-order chi connectivity index (χ1) is 12.5. The SMILES string of the molecule is COc1ccc(C)cc1NC(=O)CSc1nc2ccc([N+](=O)[O-])cc2s1. The van der Waals surface area contributed by atoms with Crippen molar-refractivity contribution in [3.8, 4) is 5.75 Å². The normalized spacial score (nSPS) is 10.7. The zero-order valence-electron chi connectivity index (χ0n) is 14.0. The number of aromatic nitrogens is 1. The Bertz CT molecular complexity index is 987. The molecule has 1 N–H and O–H groups in total. The van der Waals surface area contributed by atoms with Crippen LogP contribution in [-0.4, -0.2) is 28.7 Å². The average molecular weight is 389 g/mol. The number of hydrogen-bond acceptors (Lipinski definition) is 7. The third-order valence-electron chi connectivity index (χ3n) is 3.52. The van der Waals surface area contributed by atoms with Gasteiger partial charge in [0.25, 0.3) is 5.69 Å². The monoisotopic (exact) mass is 389 g/mol. The maximum absolute atomic E-state index is 12.2. The van der Waals surface area contributed by atoms with Gasteiger partial charge in [0.1, 0.15) is 5.75 Å². The summed E-state index contributed by atoms with van der Waals surface area (Å²) >= 11 is 2.62. The highest BCUT2D eigenvalue weighted by molar-refractivity contribution is 8.01. The van der Waals surface area contributed by atoms with Gasteiger partial charge in [-0.15, -0.1) is 11.3 Å². The maximum atomic E-state index is 12.2. The molecule has 134 valence electrons. The molecule has 1 aromatic heterocycles. The Morgan fingerprint density at radius 1 is 1.35 bits per heavy atom. The highest BCUT2D eigenvalue weighted by Gasteiger charge is 2.13. The summed E-state index contributed by atoms with van der Waals surface area (Å²) in [4.78, 5) is 27.0. The van der Waals surface area contributed by atoms with Crippen LogP contribution in [0.25, 0.3) is 10.2 Å². The van der Waals surface area contributed by atoms with Gasteiger partial charge in [-0.05, 0) is 30.7 Å². The number of nitro groups is 1. The number of thiazole rings is 1. The number of nitro benzene ring substituents is 1. The number of thioether (sulfide) groups is 1. The van der Waals surface area contributed by atoms with E-state index in [2.05, 4.69) is 10.3 Å². The van der Waals surface area contributed by atoms with E-state index in [1.165, 1.54) is 35.2 Å². The molecule has 1 amide bonds. The number of nitrogens with one attached hydrogen (secondary N) is 1. The second-order valence-electron chi connectivity index (χ2n) is 5.43. The third kappa shape index (κ3) is 4.12. The zero-order chi connectivity index (χ0) is 18.7. The largest absolute Gasteiger partial charge is 0.495 e. The highest BCUT2D eigenvalue weighted by atomic mass is 32.2. The quantitative estimate of drug-likeness (QED) is 0.385. The molecule has 3 aromatic rings. The molecule has 7 nitrogen and oxygen atoms in total. The Balaban J connectivity index is 1.67. The predicted octanol–water partition coefficient (Wildman–Crippen LogP) is 4.25. The van der Waals surface area contributed by atoms with Gasteiger partial charge in [-0.2, -0.15) is 0 Å². The second kappa shape index (κ2) is 7.71. The van der Waals surface area contributed by atoms with Crippen molar-refractivity contribution in [3.05, 3.63) is 52.1 Å². The Labute approximate surface area is 157 Å². The molecule has 0 aliphatic carbocycles. The van der Waals surface area contributed by atoms with Gasteiger partial charge in [0.05, 0.1) is 33.7 Å². The van der Waals surface area contributed by atoms with Crippen molar-refractivity contribution in [2.45, 2.75) is 11.3 Å². The second-order valence-corrected chi connectivity index (χ2v) is 7.68. The number of carbonyl (C=O) groups is 1. The van der Waals surface area contributed by atoms with Crippen LogP contribution in [-0.2, 0) is 4.79 Å². The molecule has 1 heterocycles. The molecule has 2 aromatic carbocycles. The fourth-order valence-corrected chi connectivity index (χ4v) is 4.20. The molecule has 0 unspecified atom stereocenters. The molecule has 0 aliphatic heterocycles. The van der Waals surface area contributed by atoms with Crippen LogP contribution < -0.4 is 10.1 Å². The van der Waals surface area contributed by atoms with E-state index < -0.39 is 4.92 Å². The first-order valence-corrected chi connectivity index (χ1v) is 9.39. The lowest BCUT2D eigenvalue weighted by atomic mass is 10.2. The van der Waals surface area contributed by atoms with Crippen molar-refractivity contribution in [3.63, 3.8) is 0 Å². The molecule has 9 heteroatoms. The van der Waals surface area contributed by atoms with Crippen LogP contribution in [0.2, 0.25) is 0 Å². The van der Waals surface area contributed by atoms with Crippen molar-refractivity contribution >= 4 is 50.6 Å². The molecular weight excluding hydrogens is 374 g/mol. The lowest BCUT2D eigenvalue weighted by Gasteiger charge is -2.10. The summed E-state index contributed by atoms with van der Waals surface area (Å²) < 4.78 is 6.66. The van der Waals surface area contributed by atoms with Gasteiger partial charge in [-0.1, -0.05) is 17.8 Å². The number of aryl methyl sites for hydroxylation is 1. The van der Waals surface area contributed by atoms with Gasteiger partial charge in [0.15, 0.2) is 4.34 Å². The molecule has 0 fully saturated rings. The fourth-order valence-electron chi connectivity index (χ4n) is 2.30. The van der Waals surface area contributed by atoms with Crippen LogP contribution in [0.4, 0.5) is 11.4 Å². The number of methoxy groups -OCH3 is 1. The number of carbonyl (C=O) groups excluding carboxylic acids is 1. The van der Waals surface area contributed by atoms with Gasteiger partial charge in [0.2, 0.25) is 5.91 Å². The van der Waals surface area contributed by atoms with E-state index in [4.69, 9.17) is 4.74 Å². The number of nitrogens with zero attached hydrogens (tertiary/aromatic N) is 2. The minimum Gasteiger partial charge on any atom is -0.495 e. The van der Waals surface area contributed by atoms with Crippen LogP contribution in [0.5, 0.6) is 5.75 Å². The Kier molecular flexibility index (Phi) is 5.38. The standard InChI is InChI=1S/C17H15N3O4S2/c1-10-3-6-14(24-2)13(7-10)18-16(21)9-25-17-19-12-5-4-11(20(22)23)8-15(12)26-17/h3-8H,9H2,1-2H3,(H,18,21). The summed E-state index contributed by atoms with van der Waals surface area (Å²) in [5.74, 6) is 0.601. The minimum atomic E-state index is -0.436. The van der Waals surface area contributed by atoms with Crippen molar-refractivity contribution in [2.75, 3.05) is 18.2 Å². The van der Waals surface area contributed by atoms with Crippen molar-refractivity contribution in [2.24, 2.45) is 0 Å². The van der Waals surface area contributed by atoms with Gasteiger partial charge in [-0.25, -0.2) is 4.98 Å². The number of fused-ring (bicyclic) bond motifs is 1. The highest BCUT2D eigenvalue weighted by Crippen LogP contribution is 2.32. The molecule has 0 spiro atoms. The maximum Gasteiger partial charge on any atom is 0.270 e. The van der Waals surface area contributed by atoms with E-state index >= 15 is 0 Å². The number of ether oxygens (including phenoxy) is 1. The average Bonchev–Trinajstić information content (AvgIpc) is 3.02. The first kappa shape index (κ1) is 18.2. The zero-order valence-corrected chi connectivity index (χ0v) is 15.6. The van der Waals surface area contributed by atoms with Gasteiger partial charge >= 0.3 is 0 Å². The van der Waals surface area contributed by atoms with E-state index in [1.54, 1.807) is 19.2 Å². The van der Waals surface area contributed by atoms with Crippen LogP contribution in [0.15, 0.2) is 40.7 Å². The molecule has 3 rings (SSSR count). The summed E-state index contributed by atoms with van der Waals surface area (Å²) in [6.45, 7) is 1.93. The predicted molar refractivity (Wildman–Crippen MR) is 103 cm³/mol. The summed E-state index contributed by atoms with van der Waals surface area (Å²) in [7, 11) is 1.55. The molecule has 0 radical (unpaired) electrons. The van der Waals surface area contributed by atoms with Crippen LogP contribution >= 0.6 is 23.1 Å². The summed E-state index contributed by atoms with van der Waals surface area (Å²) in [5.41, 5.74) is 2.35. The molecule has 0 bridgehead atoms. The van der Waals surface area contributed by atoms with Crippen LogP contribution in [0.3, 0.4) is 0 Å². The summed E-state index contributed by atoms with van der Waals surface area (Å²) in [6, 6.07) is 10.1.